The maximum Gasteiger partial charge on any atom is 0.487 e. The fraction of sp³-hybridized carbons (Fsp3) is 0.222. The number of hydrogen-bond donors (Lipinski definition) is 1. The van der Waals surface area contributed by atoms with Crippen molar-refractivity contribution < 1.29 is 27.8 Å². The van der Waals surface area contributed by atoms with Crippen molar-refractivity contribution in [2.24, 2.45) is 4.99 Å². The molecule has 0 radical (unpaired) electrons. The Labute approximate surface area is 227 Å². The third-order valence-corrected chi connectivity index (χ3v) is 6.82. The van der Waals surface area contributed by atoms with Gasteiger partial charge in [0.15, 0.2) is 5.17 Å². The first-order chi connectivity index (χ1) is 18.2. The molecule has 1 aliphatic rings. The van der Waals surface area contributed by atoms with Gasteiger partial charge in [-0.25, -0.2) is 4.99 Å². The summed E-state index contributed by atoms with van der Waals surface area (Å²) in [5, 5.41) is 2.39. The molecule has 0 bridgehead atoms. The summed E-state index contributed by atoms with van der Waals surface area (Å²) in [6.07, 6.45) is 0.605. The number of thioether (sulfide) groups is 1. The molecule has 2 amide bonds. The summed E-state index contributed by atoms with van der Waals surface area (Å²) >= 11 is 5.97. The second-order valence-electron chi connectivity index (χ2n) is 8.25. The number of methoxy groups -OCH3 is 1. The van der Waals surface area contributed by atoms with E-state index in [0.717, 1.165) is 5.56 Å². The van der Waals surface area contributed by atoms with Gasteiger partial charge in [-0.1, -0.05) is 42.1 Å². The number of ether oxygens (including phenoxy) is 2. The predicted molar refractivity (Wildman–Crippen MR) is 144 cm³/mol. The molecule has 198 valence electrons. The molecule has 1 heterocycles. The zero-order valence-electron chi connectivity index (χ0n) is 20.3. The maximum atomic E-state index is 13.2. The Morgan fingerprint density at radius 1 is 1.08 bits per heavy atom. The van der Waals surface area contributed by atoms with E-state index in [4.69, 9.17) is 16.3 Å². The molecule has 0 saturated carbocycles. The van der Waals surface area contributed by atoms with Crippen LogP contribution in [0.2, 0.25) is 0 Å². The number of nitrogens with one attached hydrogen (secondary N) is 1. The number of halogens is 3. The van der Waals surface area contributed by atoms with Gasteiger partial charge in [-0.05, 0) is 60.5 Å². The van der Waals surface area contributed by atoms with Crippen molar-refractivity contribution in [3.63, 3.8) is 0 Å². The smallest absolute Gasteiger partial charge is 0.487 e. The molecule has 0 spiro atoms. The number of alkyl halides is 3. The third-order valence-electron chi connectivity index (χ3n) is 5.55. The van der Waals surface area contributed by atoms with E-state index in [9.17, 15) is 18.4 Å². The summed E-state index contributed by atoms with van der Waals surface area (Å²) in [6.45, 7) is 0.409. The van der Waals surface area contributed by atoms with Crippen LogP contribution in [0.25, 0.3) is 0 Å². The zero-order valence-corrected chi connectivity index (χ0v) is 21.8. The summed E-state index contributed by atoms with van der Waals surface area (Å²) < 4.78 is 35.1. The Kier molecular flexibility index (Phi) is 8.85. The van der Waals surface area contributed by atoms with Crippen LogP contribution in [0.5, 0.6) is 11.5 Å². The Hall–Kier alpha value is -3.63. The van der Waals surface area contributed by atoms with Gasteiger partial charge in [0.1, 0.15) is 16.7 Å². The van der Waals surface area contributed by atoms with Gasteiger partial charge in [-0.2, -0.15) is 0 Å². The lowest BCUT2D eigenvalue weighted by molar-refractivity contribution is -0.129. The molecule has 38 heavy (non-hydrogen) atoms. The number of nitrogens with zero attached hydrogens (tertiary/aromatic N) is 2. The van der Waals surface area contributed by atoms with Crippen LogP contribution in [0, 0.1) is 0 Å². The second-order valence-corrected chi connectivity index (χ2v) is 9.86. The number of carbonyl (C=O) groups excluding carboxylic acids is 2. The van der Waals surface area contributed by atoms with Crippen LogP contribution >= 0.6 is 23.4 Å². The summed E-state index contributed by atoms with van der Waals surface area (Å²) in [5.41, 5.74) is -1.80. The average molecular weight is 560 g/mol. The van der Waals surface area contributed by atoms with E-state index < -0.39 is 16.7 Å². The summed E-state index contributed by atoms with van der Waals surface area (Å²) in [6, 6.07) is 22.2. The molecule has 4 rings (SSSR count). The molecule has 1 unspecified atom stereocenters. The van der Waals surface area contributed by atoms with E-state index in [-0.39, 0.29) is 18.1 Å². The lowest BCUT2D eigenvalue weighted by atomic mass is 10.1. The monoisotopic (exact) mass is 559 g/mol. The summed E-state index contributed by atoms with van der Waals surface area (Å²) in [5.74, 6) is -0.121. The molecule has 1 fully saturated rings. The van der Waals surface area contributed by atoms with Crippen LogP contribution in [0.1, 0.15) is 12.0 Å². The van der Waals surface area contributed by atoms with E-state index in [1.54, 1.807) is 36.3 Å². The Bertz CT molecular complexity index is 1290. The molecular weight excluding hydrogens is 536 g/mol. The highest BCUT2D eigenvalue weighted by molar-refractivity contribution is 8.15. The minimum atomic E-state index is -3.84. The molecule has 3 aromatic rings. The minimum absolute atomic E-state index is 0.0212. The average Bonchev–Trinajstić information content (AvgIpc) is 2.89. The normalized spacial score (nSPS) is 16.8. The highest BCUT2D eigenvalue weighted by Gasteiger charge is 2.36. The number of carbonyl (C=O) groups is 2. The van der Waals surface area contributed by atoms with Crippen LogP contribution in [0.4, 0.5) is 20.2 Å². The summed E-state index contributed by atoms with van der Waals surface area (Å²) in [4.78, 5) is 32.5. The highest BCUT2D eigenvalue weighted by atomic mass is 35.5. The minimum Gasteiger partial charge on any atom is -0.497 e. The molecule has 7 nitrogen and oxygen atoms in total. The van der Waals surface area contributed by atoms with Crippen LogP contribution in [0.3, 0.4) is 0 Å². The lowest BCUT2D eigenvalue weighted by Crippen LogP contribution is -2.46. The molecule has 3 aromatic carbocycles. The van der Waals surface area contributed by atoms with Gasteiger partial charge < -0.3 is 14.8 Å². The molecule has 1 N–H and O–H groups in total. The van der Waals surface area contributed by atoms with Crippen LogP contribution in [-0.2, 0) is 16.0 Å². The number of amidine groups is 1. The molecule has 1 atom stereocenters. The molecule has 0 aliphatic carbocycles. The van der Waals surface area contributed by atoms with Crippen LogP contribution < -0.4 is 14.8 Å². The second kappa shape index (κ2) is 12.3. The molecule has 1 aliphatic heterocycles. The fourth-order valence-corrected chi connectivity index (χ4v) is 4.89. The first kappa shape index (κ1) is 27.4. The topological polar surface area (TPSA) is 80.2 Å². The standard InChI is InChI=1S/C27H24ClF2N3O4S/c1-36-21-11-7-20(8-12-21)32-26-33(16-15-18-5-3-2-4-6-18)24(34)17-23(38-26)25(35)31-19-9-13-22(14-10-19)37-27(28,29)30/h2-14,23H,15-17H2,1H3,(H,31,35). The number of hydrogen-bond acceptors (Lipinski definition) is 6. The van der Waals surface area contributed by atoms with E-state index in [1.165, 1.54) is 36.0 Å². The molecule has 0 aromatic heterocycles. The van der Waals surface area contributed by atoms with Crippen LogP contribution in [-0.4, -0.2) is 46.4 Å². The van der Waals surface area contributed by atoms with Crippen molar-refractivity contribution in [2.45, 2.75) is 23.7 Å². The molecule has 11 heteroatoms. The van der Waals surface area contributed by atoms with Gasteiger partial charge in [-0.15, -0.1) is 8.78 Å². The van der Waals surface area contributed by atoms with E-state index in [1.807, 2.05) is 30.3 Å². The number of aliphatic imine (C=N–C) groups is 1. The Morgan fingerprint density at radius 3 is 2.37 bits per heavy atom. The first-order valence-corrected chi connectivity index (χ1v) is 12.9. The van der Waals surface area contributed by atoms with E-state index in [0.29, 0.717) is 35.3 Å². The highest BCUT2D eigenvalue weighted by Crippen LogP contribution is 2.31. The fourth-order valence-electron chi connectivity index (χ4n) is 3.68. The Morgan fingerprint density at radius 2 is 1.74 bits per heavy atom. The van der Waals surface area contributed by atoms with Gasteiger partial charge in [0.25, 0.3) is 0 Å². The largest absolute Gasteiger partial charge is 0.497 e. The lowest BCUT2D eigenvalue weighted by Gasteiger charge is -2.32. The van der Waals surface area contributed by atoms with Crippen molar-refractivity contribution >= 4 is 51.7 Å². The number of rotatable bonds is 9. The van der Waals surface area contributed by atoms with Gasteiger partial charge in [0, 0.05) is 30.3 Å². The number of benzene rings is 3. The van der Waals surface area contributed by atoms with Gasteiger partial charge in [-0.3, -0.25) is 14.5 Å². The summed E-state index contributed by atoms with van der Waals surface area (Å²) in [7, 11) is 1.57. The van der Waals surface area contributed by atoms with Crippen molar-refractivity contribution in [2.75, 3.05) is 19.0 Å². The van der Waals surface area contributed by atoms with Crippen molar-refractivity contribution in [3.8, 4) is 11.5 Å². The number of anilines is 1. The van der Waals surface area contributed by atoms with Crippen molar-refractivity contribution in [3.05, 3.63) is 84.4 Å². The number of amides is 2. The first-order valence-electron chi connectivity index (χ1n) is 11.6. The van der Waals surface area contributed by atoms with Crippen LogP contribution in [0.15, 0.2) is 83.9 Å². The Balaban J connectivity index is 1.50. The van der Waals surface area contributed by atoms with E-state index >= 15 is 0 Å². The zero-order chi connectivity index (χ0) is 27.1. The van der Waals surface area contributed by atoms with Gasteiger partial charge in [0.2, 0.25) is 11.8 Å². The molecular formula is C27H24ClF2N3O4S. The van der Waals surface area contributed by atoms with Crippen molar-refractivity contribution in [1.29, 1.82) is 0 Å². The third kappa shape index (κ3) is 7.69. The molecule has 1 saturated heterocycles. The van der Waals surface area contributed by atoms with Crippen molar-refractivity contribution in [1.82, 2.24) is 4.90 Å². The quantitative estimate of drug-likeness (QED) is 0.322. The van der Waals surface area contributed by atoms with Gasteiger partial charge >= 0.3 is 5.57 Å². The van der Waals surface area contributed by atoms with Gasteiger partial charge in [0.05, 0.1) is 12.8 Å². The van der Waals surface area contributed by atoms with E-state index in [2.05, 4.69) is 15.0 Å². The predicted octanol–water partition coefficient (Wildman–Crippen LogP) is 6.07. The SMILES string of the molecule is COc1ccc(N=C2SC(C(=O)Nc3ccc(OC(F)(F)Cl)cc3)CC(=O)N2CCc2ccccc2)cc1. The maximum absolute atomic E-state index is 13.2.